The van der Waals surface area contributed by atoms with Crippen molar-refractivity contribution < 1.29 is 9.21 Å². The number of aryl methyl sites for hydroxylation is 1. The summed E-state index contributed by atoms with van der Waals surface area (Å²) >= 11 is 5.99. The molecule has 1 aromatic heterocycles. The number of carbonyl (C=O) groups excluding carboxylic acids is 1. The fourth-order valence-electron chi connectivity index (χ4n) is 2.59. The van der Waals surface area contributed by atoms with Gasteiger partial charge in [-0.25, -0.2) is 0 Å². The number of unbranched alkanes of at least 4 members (excludes halogenated alkanes) is 1. The predicted molar refractivity (Wildman–Crippen MR) is 102 cm³/mol. The number of anilines is 1. The van der Waals surface area contributed by atoms with Gasteiger partial charge in [-0.2, -0.15) is 0 Å². The average molecular weight is 354 g/mol. The molecule has 0 aliphatic carbocycles. The van der Waals surface area contributed by atoms with Crippen molar-refractivity contribution in [3.63, 3.8) is 0 Å². The first kappa shape index (κ1) is 17.3. The van der Waals surface area contributed by atoms with Crippen molar-refractivity contribution >= 4 is 23.2 Å². The molecule has 3 aromatic rings. The fraction of sp³-hybridized carbons (Fsp3) is 0.190. The van der Waals surface area contributed by atoms with Crippen LogP contribution in [0.3, 0.4) is 0 Å². The Labute approximate surface area is 152 Å². The van der Waals surface area contributed by atoms with Gasteiger partial charge in [-0.15, -0.1) is 0 Å². The number of benzene rings is 2. The minimum Gasteiger partial charge on any atom is -0.451 e. The van der Waals surface area contributed by atoms with E-state index in [4.69, 9.17) is 16.0 Å². The summed E-state index contributed by atoms with van der Waals surface area (Å²) in [6, 6.07) is 18.7. The summed E-state index contributed by atoms with van der Waals surface area (Å²) in [4.78, 5) is 12.4. The maximum Gasteiger partial charge on any atom is 0.291 e. The van der Waals surface area contributed by atoms with E-state index in [0.29, 0.717) is 10.8 Å². The molecular formula is C21H20ClNO2. The smallest absolute Gasteiger partial charge is 0.291 e. The molecule has 0 unspecified atom stereocenters. The Bertz CT molecular complexity index is 852. The summed E-state index contributed by atoms with van der Waals surface area (Å²) in [7, 11) is 0. The average Bonchev–Trinajstić information content (AvgIpc) is 3.11. The van der Waals surface area contributed by atoms with E-state index in [1.807, 2.05) is 36.4 Å². The zero-order chi connectivity index (χ0) is 17.6. The minimum absolute atomic E-state index is 0.269. The predicted octanol–water partition coefficient (Wildman–Crippen LogP) is 6.19. The molecular weight excluding hydrogens is 334 g/mol. The first-order chi connectivity index (χ1) is 12.2. The molecule has 4 heteroatoms. The molecule has 3 nitrogen and oxygen atoms in total. The SMILES string of the molecule is CCCCc1ccc(NC(=O)c2ccc(-c3cccc(Cl)c3)o2)cc1. The third kappa shape index (κ3) is 4.52. The molecule has 0 aliphatic heterocycles. The maximum atomic E-state index is 12.4. The van der Waals surface area contributed by atoms with Gasteiger partial charge in [0.1, 0.15) is 5.76 Å². The van der Waals surface area contributed by atoms with E-state index >= 15 is 0 Å². The molecule has 2 aromatic carbocycles. The van der Waals surface area contributed by atoms with Crippen LogP contribution in [0.15, 0.2) is 65.1 Å². The third-order valence-electron chi connectivity index (χ3n) is 3.97. The number of amides is 1. The molecule has 1 N–H and O–H groups in total. The van der Waals surface area contributed by atoms with Crippen LogP contribution < -0.4 is 5.32 Å². The third-order valence-corrected chi connectivity index (χ3v) is 4.20. The molecule has 0 radical (unpaired) electrons. The van der Waals surface area contributed by atoms with Crippen LogP contribution in [0.4, 0.5) is 5.69 Å². The topological polar surface area (TPSA) is 42.2 Å². The lowest BCUT2D eigenvalue weighted by Crippen LogP contribution is -2.10. The highest BCUT2D eigenvalue weighted by atomic mass is 35.5. The number of halogens is 1. The zero-order valence-electron chi connectivity index (χ0n) is 14.1. The Morgan fingerprint density at radius 1 is 1.08 bits per heavy atom. The molecule has 3 rings (SSSR count). The molecule has 0 bridgehead atoms. The van der Waals surface area contributed by atoms with Gasteiger partial charge >= 0.3 is 0 Å². The van der Waals surface area contributed by atoms with Gasteiger partial charge in [-0.3, -0.25) is 4.79 Å². The molecule has 0 aliphatic rings. The van der Waals surface area contributed by atoms with Crippen LogP contribution in [-0.4, -0.2) is 5.91 Å². The van der Waals surface area contributed by atoms with Crippen molar-refractivity contribution in [2.45, 2.75) is 26.2 Å². The highest BCUT2D eigenvalue weighted by Gasteiger charge is 2.12. The molecule has 0 spiro atoms. The molecule has 0 saturated carbocycles. The normalized spacial score (nSPS) is 10.6. The fourth-order valence-corrected chi connectivity index (χ4v) is 2.78. The van der Waals surface area contributed by atoms with Crippen molar-refractivity contribution in [1.29, 1.82) is 0 Å². The van der Waals surface area contributed by atoms with Crippen molar-refractivity contribution in [3.05, 3.63) is 77.0 Å². The number of nitrogens with one attached hydrogen (secondary N) is 1. The number of hydrogen-bond donors (Lipinski definition) is 1. The molecule has 0 saturated heterocycles. The van der Waals surface area contributed by atoms with E-state index in [1.165, 1.54) is 18.4 Å². The lowest BCUT2D eigenvalue weighted by Gasteiger charge is -2.05. The molecule has 1 heterocycles. The molecule has 128 valence electrons. The van der Waals surface area contributed by atoms with Gasteiger partial charge in [0.05, 0.1) is 0 Å². The summed E-state index contributed by atoms with van der Waals surface area (Å²) in [5, 5.41) is 3.49. The van der Waals surface area contributed by atoms with Crippen LogP contribution in [0, 0.1) is 0 Å². The highest BCUT2D eigenvalue weighted by Crippen LogP contribution is 2.25. The number of hydrogen-bond acceptors (Lipinski definition) is 2. The first-order valence-electron chi connectivity index (χ1n) is 8.42. The Hall–Kier alpha value is -2.52. The van der Waals surface area contributed by atoms with Crippen LogP contribution in [0.1, 0.15) is 35.9 Å². The Kier molecular flexibility index (Phi) is 5.56. The highest BCUT2D eigenvalue weighted by molar-refractivity contribution is 6.30. The van der Waals surface area contributed by atoms with Gasteiger partial charge in [0.25, 0.3) is 5.91 Å². The quantitative estimate of drug-likeness (QED) is 0.573. The standard InChI is InChI=1S/C21H20ClNO2/c1-2-3-5-15-8-10-18(11-9-15)23-21(24)20-13-12-19(25-20)16-6-4-7-17(22)14-16/h4,6-14H,2-3,5H2,1H3,(H,23,24). The van der Waals surface area contributed by atoms with E-state index in [2.05, 4.69) is 12.2 Å². The summed E-state index contributed by atoms with van der Waals surface area (Å²) in [6.45, 7) is 2.18. The number of furan rings is 1. The zero-order valence-corrected chi connectivity index (χ0v) is 14.8. The Balaban J connectivity index is 1.67. The van der Waals surface area contributed by atoms with Crippen LogP contribution in [0.5, 0.6) is 0 Å². The van der Waals surface area contributed by atoms with Gasteiger partial charge in [-0.1, -0.05) is 49.2 Å². The lowest BCUT2D eigenvalue weighted by molar-refractivity contribution is 0.0997. The van der Waals surface area contributed by atoms with Gasteiger partial charge in [0, 0.05) is 16.3 Å². The van der Waals surface area contributed by atoms with Crippen molar-refractivity contribution in [2.24, 2.45) is 0 Å². The van der Waals surface area contributed by atoms with E-state index in [9.17, 15) is 4.79 Å². The van der Waals surface area contributed by atoms with Crippen molar-refractivity contribution in [2.75, 3.05) is 5.32 Å². The van der Waals surface area contributed by atoms with Crippen LogP contribution in [0.2, 0.25) is 5.02 Å². The van der Waals surface area contributed by atoms with Crippen LogP contribution in [0.25, 0.3) is 11.3 Å². The second kappa shape index (κ2) is 8.04. The largest absolute Gasteiger partial charge is 0.451 e. The Morgan fingerprint density at radius 3 is 2.60 bits per heavy atom. The van der Waals surface area contributed by atoms with E-state index in [-0.39, 0.29) is 11.7 Å². The minimum atomic E-state index is -0.269. The van der Waals surface area contributed by atoms with E-state index < -0.39 is 0 Å². The summed E-state index contributed by atoms with van der Waals surface area (Å²) in [5.74, 6) is 0.613. The Morgan fingerprint density at radius 2 is 1.88 bits per heavy atom. The number of rotatable bonds is 6. The first-order valence-corrected chi connectivity index (χ1v) is 8.79. The van der Waals surface area contributed by atoms with Gasteiger partial charge in [0.2, 0.25) is 0 Å². The summed E-state index contributed by atoms with van der Waals surface area (Å²) in [5.41, 5.74) is 2.87. The molecule has 25 heavy (non-hydrogen) atoms. The van der Waals surface area contributed by atoms with Crippen molar-refractivity contribution in [3.8, 4) is 11.3 Å². The lowest BCUT2D eigenvalue weighted by atomic mass is 10.1. The monoisotopic (exact) mass is 353 g/mol. The van der Waals surface area contributed by atoms with Gasteiger partial charge in [0.15, 0.2) is 5.76 Å². The molecule has 0 fully saturated rings. The number of carbonyl (C=O) groups is 1. The van der Waals surface area contributed by atoms with Crippen molar-refractivity contribution in [1.82, 2.24) is 0 Å². The summed E-state index contributed by atoms with van der Waals surface area (Å²) < 4.78 is 5.66. The molecule has 1 amide bonds. The van der Waals surface area contributed by atoms with Gasteiger partial charge in [-0.05, 0) is 54.8 Å². The van der Waals surface area contributed by atoms with Crippen LogP contribution >= 0.6 is 11.6 Å². The van der Waals surface area contributed by atoms with Gasteiger partial charge < -0.3 is 9.73 Å². The summed E-state index contributed by atoms with van der Waals surface area (Å²) in [6.07, 6.45) is 3.40. The van der Waals surface area contributed by atoms with E-state index in [1.54, 1.807) is 24.3 Å². The van der Waals surface area contributed by atoms with E-state index in [0.717, 1.165) is 17.7 Å². The molecule has 0 atom stereocenters. The van der Waals surface area contributed by atoms with Crippen LogP contribution in [-0.2, 0) is 6.42 Å². The maximum absolute atomic E-state index is 12.4. The second-order valence-electron chi connectivity index (χ2n) is 5.93. The second-order valence-corrected chi connectivity index (χ2v) is 6.37.